The Bertz CT molecular complexity index is 771. The molecule has 1 aromatic heterocycles. The molecule has 0 radical (unpaired) electrons. The van der Waals surface area contributed by atoms with Gasteiger partial charge in [0.05, 0.1) is 0 Å². The molecule has 152 valence electrons. The van der Waals surface area contributed by atoms with Crippen molar-refractivity contribution in [2.45, 2.75) is 77.7 Å². The third-order valence-corrected chi connectivity index (χ3v) is 10.2. The van der Waals surface area contributed by atoms with Crippen molar-refractivity contribution in [2.24, 2.45) is 34.5 Å². The lowest BCUT2D eigenvalue weighted by molar-refractivity contribution is -0.142. The summed E-state index contributed by atoms with van der Waals surface area (Å²) in [6, 6.07) is 3.76. The molecule has 1 heterocycles. The summed E-state index contributed by atoms with van der Waals surface area (Å²) < 4.78 is 5.89. The van der Waals surface area contributed by atoms with Crippen LogP contribution in [0, 0.1) is 34.5 Å². The van der Waals surface area contributed by atoms with Crippen molar-refractivity contribution in [3.05, 3.63) is 22.4 Å². The largest absolute Gasteiger partial charge is 0.458 e. The van der Waals surface area contributed by atoms with Crippen LogP contribution in [-0.2, 0) is 9.53 Å². The van der Waals surface area contributed by atoms with Crippen LogP contribution in [0.25, 0.3) is 0 Å². The molecule has 0 bridgehead atoms. The van der Waals surface area contributed by atoms with Crippen LogP contribution in [-0.4, -0.2) is 17.9 Å². The highest BCUT2D eigenvalue weighted by atomic mass is 32.1. The van der Waals surface area contributed by atoms with Crippen molar-refractivity contribution in [1.82, 2.24) is 0 Å². The Kier molecular flexibility index (Phi) is 4.50. The van der Waals surface area contributed by atoms with Crippen molar-refractivity contribution in [3.63, 3.8) is 0 Å². The van der Waals surface area contributed by atoms with E-state index in [4.69, 9.17) is 4.74 Å². The topological polar surface area (TPSA) is 43.4 Å². The van der Waals surface area contributed by atoms with E-state index in [1.807, 2.05) is 17.5 Å². The normalized spacial score (nSPS) is 45.1. The van der Waals surface area contributed by atoms with Gasteiger partial charge in [0.15, 0.2) is 0 Å². The Labute approximate surface area is 172 Å². The van der Waals surface area contributed by atoms with Crippen LogP contribution in [0.5, 0.6) is 0 Å². The van der Waals surface area contributed by atoms with Gasteiger partial charge in [0.1, 0.15) is 16.8 Å². The Morgan fingerprint density at radius 3 is 2.75 bits per heavy atom. The van der Waals surface area contributed by atoms with E-state index in [1.165, 1.54) is 37.0 Å². The minimum atomic E-state index is -0.143. The molecule has 0 saturated heterocycles. The molecule has 0 N–H and O–H groups in total. The number of hydrogen-bond acceptors (Lipinski definition) is 4. The molecule has 4 heteroatoms. The van der Waals surface area contributed by atoms with Crippen LogP contribution in [0.3, 0.4) is 0 Å². The zero-order chi connectivity index (χ0) is 19.5. The number of hydrogen-bond donors (Lipinski definition) is 0. The van der Waals surface area contributed by atoms with Gasteiger partial charge in [-0.2, -0.15) is 0 Å². The molecule has 3 nitrogen and oxygen atoms in total. The van der Waals surface area contributed by atoms with Gasteiger partial charge in [-0.3, -0.25) is 4.79 Å². The Morgan fingerprint density at radius 2 is 1.96 bits per heavy atom. The van der Waals surface area contributed by atoms with Gasteiger partial charge in [0.2, 0.25) is 0 Å². The van der Waals surface area contributed by atoms with E-state index >= 15 is 0 Å². The van der Waals surface area contributed by atoms with Crippen LogP contribution >= 0.6 is 11.3 Å². The zero-order valence-electron chi connectivity index (χ0n) is 17.1. The van der Waals surface area contributed by atoms with Crippen molar-refractivity contribution in [3.8, 4) is 0 Å². The molecule has 0 aliphatic heterocycles. The third kappa shape index (κ3) is 2.74. The second-order valence-electron chi connectivity index (χ2n) is 10.4. The van der Waals surface area contributed by atoms with Gasteiger partial charge < -0.3 is 4.74 Å². The monoisotopic (exact) mass is 400 g/mol. The number of ether oxygens (including phenoxy) is 1. The number of rotatable bonds is 2. The molecule has 7 atom stereocenters. The average molecular weight is 401 g/mol. The lowest BCUT2D eigenvalue weighted by Gasteiger charge is -2.60. The van der Waals surface area contributed by atoms with Crippen LogP contribution in [0.15, 0.2) is 17.5 Å². The third-order valence-electron chi connectivity index (χ3n) is 9.32. The fourth-order valence-electron chi connectivity index (χ4n) is 7.70. The maximum atomic E-state index is 12.6. The Morgan fingerprint density at radius 1 is 1.11 bits per heavy atom. The standard InChI is InChI=1S/C24H32O3S/c1-23-11-9-16(27-22(26)20-4-3-13-28-20)14-15(23)5-6-17-18-7-8-21(25)24(18,2)12-10-19(17)23/h3-4,13,15-19H,5-12,14H2,1-2H3/t15-,16+,17+,18+,19+,23-,24-/m0/s1. The molecule has 5 rings (SSSR count). The molecule has 4 aliphatic carbocycles. The van der Waals surface area contributed by atoms with Gasteiger partial charge in [-0.25, -0.2) is 4.79 Å². The summed E-state index contributed by atoms with van der Waals surface area (Å²) in [7, 11) is 0. The minimum absolute atomic E-state index is 0.0300. The van der Waals surface area contributed by atoms with Gasteiger partial charge in [-0.15, -0.1) is 11.3 Å². The predicted molar refractivity (Wildman–Crippen MR) is 110 cm³/mol. The van der Waals surface area contributed by atoms with E-state index in [1.54, 1.807) is 0 Å². The highest BCUT2D eigenvalue weighted by Gasteiger charge is 2.60. The summed E-state index contributed by atoms with van der Waals surface area (Å²) in [5.74, 6) is 3.15. The van der Waals surface area contributed by atoms with E-state index in [-0.39, 0.29) is 17.5 Å². The number of carbonyl (C=O) groups excluding carboxylic acids is 2. The lowest BCUT2D eigenvalue weighted by Crippen LogP contribution is -2.54. The lowest BCUT2D eigenvalue weighted by atomic mass is 9.45. The highest BCUT2D eigenvalue weighted by Crippen LogP contribution is 2.65. The predicted octanol–water partition coefficient (Wildman–Crippen LogP) is 5.89. The first kappa shape index (κ1) is 18.8. The second kappa shape index (κ2) is 6.68. The molecule has 4 saturated carbocycles. The second-order valence-corrected chi connectivity index (χ2v) is 11.3. The molecular formula is C24H32O3S. The first-order valence-electron chi connectivity index (χ1n) is 11.2. The number of ketones is 1. The van der Waals surface area contributed by atoms with Gasteiger partial charge in [-0.1, -0.05) is 19.9 Å². The fourth-order valence-corrected chi connectivity index (χ4v) is 8.31. The van der Waals surface area contributed by atoms with Gasteiger partial charge in [-0.05, 0) is 91.9 Å². The van der Waals surface area contributed by atoms with Crippen molar-refractivity contribution < 1.29 is 14.3 Å². The molecule has 4 fully saturated rings. The van der Waals surface area contributed by atoms with E-state index in [9.17, 15) is 9.59 Å². The molecule has 28 heavy (non-hydrogen) atoms. The van der Waals surface area contributed by atoms with E-state index in [2.05, 4.69) is 13.8 Å². The minimum Gasteiger partial charge on any atom is -0.458 e. The summed E-state index contributed by atoms with van der Waals surface area (Å²) >= 11 is 1.46. The maximum Gasteiger partial charge on any atom is 0.348 e. The first-order valence-corrected chi connectivity index (χ1v) is 12.1. The fraction of sp³-hybridized carbons (Fsp3) is 0.750. The van der Waals surface area contributed by atoms with Gasteiger partial charge >= 0.3 is 5.97 Å². The van der Waals surface area contributed by atoms with Crippen molar-refractivity contribution >= 4 is 23.1 Å². The molecule has 0 amide bonds. The maximum absolute atomic E-state index is 12.6. The molecular weight excluding hydrogens is 368 g/mol. The highest BCUT2D eigenvalue weighted by molar-refractivity contribution is 7.11. The number of esters is 1. The van der Waals surface area contributed by atoms with Crippen LogP contribution in [0.2, 0.25) is 0 Å². The Hall–Kier alpha value is -1.16. The van der Waals surface area contributed by atoms with Crippen LogP contribution in [0.1, 0.15) is 81.3 Å². The average Bonchev–Trinajstić information content (AvgIpc) is 3.31. The van der Waals surface area contributed by atoms with Crippen molar-refractivity contribution in [2.75, 3.05) is 0 Å². The first-order chi connectivity index (χ1) is 13.4. The summed E-state index contributed by atoms with van der Waals surface area (Å²) in [4.78, 5) is 25.7. The number of thiophene rings is 1. The SMILES string of the molecule is C[C@]12CC[C@@H](OC(=O)c3cccs3)C[C@@H]1CC[C@H]1[C@H]2CC[C@]2(C)C(=O)CC[C@H]12. The zero-order valence-corrected chi connectivity index (χ0v) is 17.9. The number of Topliss-reactive ketones (excluding diaryl/α,β-unsaturated/α-hetero) is 1. The number of carbonyl (C=O) groups is 2. The van der Waals surface area contributed by atoms with Gasteiger partial charge in [0, 0.05) is 11.8 Å². The summed E-state index contributed by atoms with van der Waals surface area (Å²) in [6.45, 7) is 4.78. The Balaban J connectivity index is 1.30. The summed E-state index contributed by atoms with van der Waals surface area (Å²) in [6.07, 6.45) is 10.0. The molecule has 0 unspecified atom stereocenters. The van der Waals surface area contributed by atoms with Crippen LogP contribution < -0.4 is 0 Å². The smallest absolute Gasteiger partial charge is 0.348 e. The van der Waals surface area contributed by atoms with Crippen molar-refractivity contribution in [1.29, 1.82) is 0 Å². The van der Waals surface area contributed by atoms with E-state index in [0.29, 0.717) is 23.0 Å². The summed E-state index contributed by atoms with van der Waals surface area (Å²) in [5, 5.41) is 1.93. The molecule has 0 spiro atoms. The summed E-state index contributed by atoms with van der Waals surface area (Å²) in [5.41, 5.74) is 0.333. The number of fused-ring (bicyclic) bond motifs is 5. The quantitative estimate of drug-likeness (QED) is 0.582. The van der Waals surface area contributed by atoms with Gasteiger partial charge in [0.25, 0.3) is 0 Å². The molecule has 4 aliphatic rings. The van der Waals surface area contributed by atoms with Crippen LogP contribution in [0.4, 0.5) is 0 Å². The molecule has 0 aromatic carbocycles. The van der Waals surface area contributed by atoms with E-state index < -0.39 is 0 Å². The molecule has 1 aromatic rings. The van der Waals surface area contributed by atoms with E-state index in [0.717, 1.165) is 48.8 Å².